The van der Waals surface area contributed by atoms with Crippen LogP contribution in [0.25, 0.3) is 0 Å². The molecule has 0 N–H and O–H groups in total. The zero-order valence-corrected chi connectivity index (χ0v) is 15.5. The Labute approximate surface area is 148 Å². The first-order valence-corrected chi connectivity index (χ1v) is 9.15. The molecule has 1 aliphatic heterocycles. The third-order valence-electron chi connectivity index (χ3n) is 5.60. The molecule has 136 valence electrons. The molecule has 2 aliphatic rings. The molecule has 0 amide bonds. The van der Waals surface area contributed by atoms with Crippen LogP contribution in [0.15, 0.2) is 4.52 Å². The first-order chi connectivity index (χ1) is 12.0. The van der Waals surface area contributed by atoms with Gasteiger partial charge >= 0.3 is 0 Å². The van der Waals surface area contributed by atoms with Crippen LogP contribution in [0.3, 0.4) is 0 Å². The molecular weight excluding hydrogens is 318 g/mol. The second-order valence-electron chi connectivity index (χ2n) is 7.52. The lowest BCUT2D eigenvalue weighted by Crippen LogP contribution is -2.35. The fourth-order valence-electron chi connectivity index (χ4n) is 3.68. The minimum atomic E-state index is 0.163. The topological polar surface area (TPSA) is 76.1 Å². The summed E-state index contributed by atoms with van der Waals surface area (Å²) in [5.74, 6) is 4.25. The van der Waals surface area contributed by atoms with E-state index in [1.165, 1.54) is 12.8 Å². The number of aromatic nitrogens is 5. The molecule has 0 unspecified atom stereocenters. The van der Waals surface area contributed by atoms with Gasteiger partial charge < -0.3 is 9.09 Å². The highest BCUT2D eigenvalue weighted by atomic mass is 16.5. The molecule has 0 bridgehead atoms. The number of likely N-dealkylation sites (N-methyl/N-ethyl adjacent to an activating group) is 1. The van der Waals surface area contributed by atoms with E-state index in [0.29, 0.717) is 23.7 Å². The van der Waals surface area contributed by atoms with E-state index in [9.17, 15) is 0 Å². The van der Waals surface area contributed by atoms with Gasteiger partial charge in [-0.25, -0.2) is 0 Å². The van der Waals surface area contributed by atoms with Crippen LogP contribution in [-0.2, 0) is 13.6 Å². The number of hydrogen-bond donors (Lipinski definition) is 0. The highest BCUT2D eigenvalue weighted by molar-refractivity contribution is 5.08. The Balaban J connectivity index is 1.36. The van der Waals surface area contributed by atoms with Crippen LogP contribution in [-0.4, -0.2) is 60.9 Å². The Bertz CT molecular complexity index is 735. The van der Waals surface area contributed by atoms with Crippen LogP contribution in [0.5, 0.6) is 0 Å². The molecular formula is C17H27N7O. The first-order valence-electron chi connectivity index (χ1n) is 9.15. The molecule has 1 saturated carbocycles. The van der Waals surface area contributed by atoms with Crippen molar-refractivity contribution in [2.45, 2.75) is 57.7 Å². The standard InChI is InChI=1S/C17H27N7O/c1-11(17-18-12(2)21-25-17)24-8-7-14(9-24)22(3)10-15-19-20-16(23(15)4)13-5-6-13/h11,13-14H,5-10H2,1-4H3/t11-,14-/m1/s1. The zero-order valence-electron chi connectivity index (χ0n) is 15.5. The lowest BCUT2D eigenvalue weighted by molar-refractivity contribution is 0.177. The van der Waals surface area contributed by atoms with Crippen molar-refractivity contribution in [3.05, 3.63) is 23.4 Å². The number of hydrogen-bond acceptors (Lipinski definition) is 7. The molecule has 1 aliphatic carbocycles. The second kappa shape index (κ2) is 6.49. The quantitative estimate of drug-likeness (QED) is 0.788. The summed E-state index contributed by atoms with van der Waals surface area (Å²) in [4.78, 5) is 9.19. The first kappa shape index (κ1) is 16.7. The van der Waals surface area contributed by atoms with Crippen molar-refractivity contribution in [1.29, 1.82) is 0 Å². The van der Waals surface area contributed by atoms with E-state index >= 15 is 0 Å². The highest BCUT2D eigenvalue weighted by Gasteiger charge is 2.33. The largest absolute Gasteiger partial charge is 0.338 e. The number of nitrogens with zero attached hydrogens (tertiary/aromatic N) is 7. The summed E-state index contributed by atoms with van der Waals surface area (Å²) in [5.41, 5.74) is 0. The maximum absolute atomic E-state index is 5.34. The average Bonchev–Trinajstić information content (AvgIpc) is 2.99. The van der Waals surface area contributed by atoms with Gasteiger partial charge in [-0.3, -0.25) is 9.80 Å². The van der Waals surface area contributed by atoms with Crippen LogP contribution in [0.1, 0.15) is 61.5 Å². The van der Waals surface area contributed by atoms with E-state index < -0.39 is 0 Å². The molecule has 8 heteroatoms. The van der Waals surface area contributed by atoms with Gasteiger partial charge in [0, 0.05) is 32.1 Å². The van der Waals surface area contributed by atoms with Crippen LogP contribution in [0.4, 0.5) is 0 Å². The second-order valence-corrected chi connectivity index (χ2v) is 7.52. The summed E-state index contributed by atoms with van der Waals surface area (Å²) in [6.07, 6.45) is 3.65. The minimum Gasteiger partial charge on any atom is -0.338 e. The van der Waals surface area contributed by atoms with Gasteiger partial charge in [-0.05, 0) is 40.2 Å². The minimum absolute atomic E-state index is 0.163. The Kier molecular flexibility index (Phi) is 4.33. The summed E-state index contributed by atoms with van der Waals surface area (Å²) >= 11 is 0. The molecule has 2 fully saturated rings. The van der Waals surface area contributed by atoms with Gasteiger partial charge in [-0.1, -0.05) is 5.16 Å². The van der Waals surface area contributed by atoms with Crippen molar-refractivity contribution in [2.75, 3.05) is 20.1 Å². The summed E-state index contributed by atoms with van der Waals surface area (Å²) in [5, 5.41) is 12.7. The Morgan fingerprint density at radius 1 is 1.28 bits per heavy atom. The van der Waals surface area contributed by atoms with E-state index in [1.807, 2.05) is 6.92 Å². The zero-order chi connectivity index (χ0) is 17.6. The van der Waals surface area contributed by atoms with Gasteiger partial charge in [0.1, 0.15) is 11.6 Å². The number of rotatable bonds is 6. The van der Waals surface area contributed by atoms with Crippen molar-refractivity contribution in [1.82, 2.24) is 34.7 Å². The molecule has 2 atom stereocenters. The predicted molar refractivity (Wildman–Crippen MR) is 91.9 cm³/mol. The van der Waals surface area contributed by atoms with Crippen LogP contribution in [0.2, 0.25) is 0 Å². The summed E-state index contributed by atoms with van der Waals surface area (Å²) in [6.45, 7) is 6.88. The number of aryl methyl sites for hydroxylation is 1. The monoisotopic (exact) mass is 345 g/mol. The summed E-state index contributed by atoms with van der Waals surface area (Å²) in [7, 11) is 4.28. The van der Waals surface area contributed by atoms with Gasteiger partial charge in [0.25, 0.3) is 0 Å². The fourth-order valence-corrected chi connectivity index (χ4v) is 3.68. The molecule has 0 aromatic carbocycles. The maximum Gasteiger partial charge on any atom is 0.243 e. The molecule has 1 saturated heterocycles. The van der Waals surface area contributed by atoms with E-state index in [0.717, 1.165) is 37.7 Å². The molecule has 3 heterocycles. The molecule has 2 aromatic heterocycles. The lowest BCUT2D eigenvalue weighted by atomic mass is 10.2. The van der Waals surface area contributed by atoms with E-state index in [2.05, 4.69) is 55.7 Å². The summed E-state index contributed by atoms with van der Waals surface area (Å²) < 4.78 is 7.52. The molecule has 25 heavy (non-hydrogen) atoms. The molecule has 2 aromatic rings. The van der Waals surface area contributed by atoms with Crippen molar-refractivity contribution < 1.29 is 4.52 Å². The number of likely N-dealkylation sites (tertiary alicyclic amines) is 1. The van der Waals surface area contributed by atoms with Crippen LogP contribution in [0, 0.1) is 6.92 Å². The van der Waals surface area contributed by atoms with Gasteiger partial charge in [-0.15, -0.1) is 10.2 Å². The fraction of sp³-hybridized carbons (Fsp3) is 0.765. The highest BCUT2D eigenvalue weighted by Crippen LogP contribution is 2.38. The van der Waals surface area contributed by atoms with E-state index in [1.54, 1.807) is 0 Å². The third-order valence-corrected chi connectivity index (χ3v) is 5.60. The normalized spacial score (nSPS) is 22.8. The van der Waals surface area contributed by atoms with E-state index in [-0.39, 0.29) is 6.04 Å². The van der Waals surface area contributed by atoms with Gasteiger partial charge in [0.2, 0.25) is 5.89 Å². The van der Waals surface area contributed by atoms with Crippen LogP contribution >= 0.6 is 0 Å². The van der Waals surface area contributed by atoms with Gasteiger partial charge in [0.15, 0.2) is 5.82 Å². The van der Waals surface area contributed by atoms with Crippen molar-refractivity contribution in [3.63, 3.8) is 0 Å². The molecule has 0 radical (unpaired) electrons. The van der Waals surface area contributed by atoms with Crippen molar-refractivity contribution >= 4 is 0 Å². The molecule has 4 rings (SSSR count). The molecule has 8 nitrogen and oxygen atoms in total. The van der Waals surface area contributed by atoms with E-state index in [4.69, 9.17) is 4.52 Å². The predicted octanol–water partition coefficient (Wildman–Crippen LogP) is 1.65. The SMILES string of the molecule is Cc1noc([C@@H](C)N2CC[C@@H](N(C)Cc3nnc(C4CC4)n3C)C2)n1. The summed E-state index contributed by atoms with van der Waals surface area (Å²) in [6, 6.07) is 0.670. The van der Waals surface area contributed by atoms with Crippen LogP contribution < -0.4 is 0 Å². The van der Waals surface area contributed by atoms with Gasteiger partial charge in [-0.2, -0.15) is 4.98 Å². The third kappa shape index (κ3) is 3.32. The maximum atomic E-state index is 5.34. The van der Waals surface area contributed by atoms with Gasteiger partial charge in [0.05, 0.1) is 12.6 Å². The van der Waals surface area contributed by atoms with Crippen molar-refractivity contribution in [3.8, 4) is 0 Å². The Morgan fingerprint density at radius 2 is 2.08 bits per heavy atom. The lowest BCUT2D eigenvalue weighted by Gasteiger charge is -2.25. The van der Waals surface area contributed by atoms with Crippen molar-refractivity contribution in [2.24, 2.45) is 7.05 Å². The molecule has 0 spiro atoms. The Hall–Kier alpha value is -1.80. The smallest absolute Gasteiger partial charge is 0.243 e. The Morgan fingerprint density at radius 3 is 2.76 bits per heavy atom. The average molecular weight is 345 g/mol.